The molecule has 10 heteroatoms. The maximum Gasteiger partial charge on any atom is 0.327 e. The van der Waals surface area contributed by atoms with Gasteiger partial charge in [0.15, 0.2) is 0 Å². The van der Waals surface area contributed by atoms with Gasteiger partial charge in [-0.3, -0.25) is 13.9 Å². The molecule has 0 aliphatic carbocycles. The van der Waals surface area contributed by atoms with Crippen molar-refractivity contribution >= 4 is 67.2 Å². The van der Waals surface area contributed by atoms with Crippen LogP contribution in [-0.4, -0.2) is 32.4 Å². The molecule has 0 bridgehead atoms. The molecule has 0 aliphatic heterocycles. The Bertz CT molecular complexity index is 1630. The Labute approximate surface area is 237 Å². The summed E-state index contributed by atoms with van der Waals surface area (Å²) in [6.07, 6.45) is 0. The van der Waals surface area contributed by atoms with Crippen LogP contribution in [0.4, 0.5) is 11.4 Å². The average molecular weight is 586 g/mol. The van der Waals surface area contributed by atoms with E-state index < -0.39 is 28.1 Å². The molecule has 0 atom stereocenters. The first-order valence-corrected chi connectivity index (χ1v) is 14.1. The minimum Gasteiger partial charge on any atom is -0.459 e. The smallest absolute Gasteiger partial charge is 0.327 e. The van der Waals surface area contributed by atoms with Crippen molar-refractivity contribution < 1.29 is 22.7 Å². The molecule has 0 unspecified atom stereocenters. The van der Waals surface area contributed by atoms with Crippen molar-refractivity contribution in [3.05, 3.63) is 101 Å². The zero-order chi connectivity index (χ0) is 28.4. The number of carbonyl (C=O) groups excluding carboxylic acids is 2. The van der Waals surface area contributed by atoms with Crippen molar-refractivity contribution in [2.75, 3.05) is 16.2 Å². The van der Waals surface area contributed by atoms with Crippen LogP contribution in [0.1, 0.15) is 31.1 Å². The molecule has 4 aromatic rings. The minimum atomic E-state index is -4.34. The van der Waals surface area contributed by atoms with Gasteiger partial charge in [-0.25, -0.2) is 8.42 Å². The van der Waals surface area contributed by atoms with E-state index in [9.17, 15) is 18.0 Å². The molecule has 4 rings (SSSR count). The van der Waals surface area contributed by atoms with Gasteiger partial charge in [-0.05, 0) is 63.2 Å². The van der Waals surface area contributed by atoms with Crippen molar-refractivity contribution in [3.8, 4) is 0 Å². The van der Waals surface area contributed by atoms with Gasteiger partial charge in [-0.2, -0.15) is 0 Å². The Morgan fingerprint density at radius 2 is 1.46 bits per heavy atom. The predicted octanol–water partition coefficient (Wildman–Crippen LogP) is 6.94. The molecule has 0 aliphatic rings. The van der Waals surface area contributed by atoms with E-state index >= 15 is 0 Å². The highest BCUT2D eigenvalue weighted by Gasteiger charge is 2.31. The van der Waals surface area contributed by atoms with Gasteiger partial charge in [0.25, 0.3) is 15.9 Å². The number of hydrogen-bond donors (Lipinski definition) is 1. The number of sulfonamides is 1. The van der Waals surface area contributed by atoms with Crippen molar-refractivity contribution in [1.29, 1.82) is 0 Å². The Hall–Kier alpha value is -3.59. The first-order valence-electron chi connectivity index (χ1n) is 11.9. The molecule has 0 fully saturated rings. The molecular weight excluding hydrogens is 559 g/mol. The second-order valence-corrected chi connectivity index (χ2v) is 12.4. The number of halogens is 2. The van der Waals surface area contributed by atoms with Gasteiger partial charge < -0.3 is 10.1 Å². The largest absolute Gasteiger partial charge is 0.459 e. The van der Waals surface area contributed by atoms with Gasteiger partial charge in [0, 0.05) is 32.1 Å². The zero-order valence-electron chi connectivity index (χ0n) is 21.4. The number of amides is 1. The normalized spacial score (nSPS) is 11.7. The molecular formula is C29H26Cl2N2O5S. The molecule has 0 saturated carbocycles. The Morgan fingerprint density at radius 3 is 2.10 bits per heavy atom. The minimum absolute atomic E-state index is 0.127. The Balaban J connectivity index is 1.84. The third-order valence-electron chi connectivity index (χ3n) is 5.57. The lowest BCUT2D eigenvalue weighted by molar-refractivity contribution is -0.152. The summed E-state index contributed by atoms with van der Waals surface area (Å²) >= 11 is 12.2. The molecule has 202 valence electrons. The zero-order valence-corrected chi connectivity index (χ0v) is 23.8. The monoisotopic (exact) mass is 584 g/mol. The van der Waals surface area contributed by atoms with E-state index in [-0.39, 0.29) is 26.5 Å². The van der Waals surface area contributed by atoms with Gasteiger partial charge in [0.1, 0.15) is 12.1 Å². The maximum atomic E-state index is 14.0. The van der Waals surface area contributed by atoms with Crippen molar-refractivity contribution in [3.63, 3.8) is 0 Å². The summed E-state index contributed by atoms with van der Waals surface area (Å²) in [6, 6.07) is 22.8. The van der Waals surface area contributed by atoms with Crippen LogP contribution in [0.25, 0.3) is 10.8 Å². The maximum absolute atomic E-state index is 14.0. The van der Waals surface area contributed by atoms with Crippen molar-refractivity contribution in [1.82, 2.24) is 0 Å². The summed E-state index contributed by atoms with van der Waals surface area (Å²) < 4.78 is 34.3. The van der Waals surface area contributed by atoms with E-state index in [1.165, 1.54) is 18.2 Å². The molecule has 0 radical (unpaired) electrons. The quantitative estimate of drug-likeness (QED) is 0.237. The van der Waals surface area contributed by atoms with Crippen LogP contribution in [0.2, 0.25) is 10.0 Å². The van der Waals surface area contributed by atoms with Crippen molar-refractivity contribution in [2.24, 2.45) is 0 Å². The highest BCUT2D eigenvalue weighted by atomic mass is 35.5. The molecule has 39 heavy (non-hydrogen) atoms. The van der Waals surface area contributed by atoms with E-state index in [4.69, 9.17) is 27.9 Å². The number of carbonyl (C=O) groups is 2. The molecule has 4 aromatic carbocycles. The third kappa shape index (κ3) is 6.71. The highest BCUT2D eigenvalue weighted by molar-refractivity contribution is 7.93. The number of ether oxygens (including phenoxy) is 1. The van der Waals surface area contributed by atoms with Gasteiger partial charge in [0.2, 0.25) is 0 Å². The first-order chi connectivity index (χ1) is 18.3. The molecule has 7 nitrogen and oxygen atoms in total. The van der Waals surface area contributed by atoms with Crippen LogP contribution >= 0.6 is 23.2 Å². The molecule has 0 aromatic heterocycles. The summed E-state index contributed by atoms with van der Waals surface area (Å²) in [5.74, 6) is -1.06. The van der Waals surface area contributed by atoms with Crippen LogP contribution in [0.3, 0.4) is 0 Å². The van der Waals surface area contributed by atoms with Gasteiger partial charge in [-0.15, -0.1) is 0 Å². The molecule has 1 amide bonds. The van der Waals surface area contributed by atoms with Crippen LogP contribution < -0.4 is 9.62 Å². The fourth-order valence-corrected chi connectivity index (χ4v) is 6.15. The fraction of sp³-hybridized carbons (Fsp3) is 0.172. The predicted molar refractivity (Wildman–Crippen MR) is 155 cm³/mol. The summed E-state index contributed by atoms with van der Waals surface area (Å²) in [5.41, 5.74) is 0.325. The van der Waals surface area contributed by atoms with E-state index in [0.717, 1.165) is 4.31 Å². The van der Waals surface area contributed by atoms with Gasteiger partial charge in [-0.1, -0.05) is 65.7 Å². The molecule has 0 spiro atoms. The van der Waals surface area contributed by atoms with Crippen LogP contribution in [0, 0.1) is 0 Å². The number of esters is 1. The standard InChI is InChI=1S/C29H26Cl2N2O5S/c1-29(2,3)38-27(34)18-33(39(36,37)22-16-20(30)15-21(31)17-22)26-14-8-11-23-24(26)12-7-13-25(23)32-28(35)19-9-5-4-6-10-19/h4-17H,18H2,1-3H3,(H,32,35). The second-order valence-electron chi connectivity index (χ2n) is 9.70. The highest BCUT2D eigenvalue weighted by Crippen LogP contribution is 2.35. The SMILES string of the molecule is CC(C)(C)OC(=O)CN(c1cccc2c(NC(=O)c3ccccc3)cccc12)S(=O)(=O)c1cc(Cl)cc(Cl)c1. The van der Waals surface area contributed by atoms with E-state index in [1.807, 2.05) is 6.07 Å². The molecule has 1 N–H and O–H groups in total. The summed E-state index contributed by atoms with van der Waals surface area (Å²) in [4.78, 5) is 25.6. The Kier molecular flexibility index (Phi) is 8.20. The molecule has 0 saturated heterocycles. The van der Waals surface area contributed by atoms with Gasteiger partial charge in [0.05, 0.1) is 10.6 Å². The number of rotatable bonds is 7. The lowest BCUT2D eigenvalue weighted by Gasteiger charge is -2.27. The topological polar surface area (TPSA) is 92.8 Å². The van der Waals surface area contributed by atoms with E-state index in [2.05, 4.69) is 5.32 Å². The number of nitrogens with one attached hydrogen (secondary N) is 1. The average Bonchev–Trinajstić information content (AvgIpc) is 2.86. The van der Waals surface area contributed by atoms with Crippen LogP contribution in [0.5, 0.6) is 0 Å². The Morgan fingerprint density at radius 1 is 0.846 bits per heavy atom. The van der Waals surface area contributed by atoms with Crippen LogP contribution in [0.15, 0.2) is 89.8 Å². The third-order valence-corrected chi connectivity index (χ3v) is 7.74. The number of fused-ring (bicyclic) bond motifs is 1. The van der Waals surface area contributed by atoms with E-state index in [0.29, 0.717) is 22.0 Å². The number of anilines is 2. The summed E-state index contributed by atoms with van der Waals surface area (Å²) in [5, 5.41) is 4.21. The second kappa shape index (κ2) is 11.3. The van der Waals surface area contributed by atoms with Crippen LogP contribution in [-0.2, 0) is 19.6 Å². The lowest BCUT2D eigenvalue weighted by Crippen LogP contribution is -2.39. The molecule has 0 heterocycles. The van der Waals surface area contributed by atoms with Crippen molar-refractivity contribution in [2.45, 2.75) is 31.3 Å². The fourth-order valence-electron chi connectivity index (χ4n) is 4.00. The number of benzene rings is 4. The summed E-state index contributed by atoms with van der Waals surface area (Å²) in [6.45, 7) is 4.48. The van der Waals surface area contributed by atoms with E-state index in [1.54, 1.807) is 81.4 Å². The number of hydrogen-bond acceptors (Lipinski definition) is 5. The summed E-state index contributed by atoms with van der Waals surface area (Å²) in [7, 11) is -4.34. The number of nitrogens with zero attached hydrogens (tertiary/aromatic N) is 1. The first kappa shape index (κ1) is 28.4. The lowest BCUT2D eigenvalue weighted by atomic mass is 10.1. The van der Waals surface area contributed by atoms with Gasteiger partial charge >= 0.3 is 5.97 Å².